The van der Waals surface area contributed by atoms with Gasteiger partial charge in [-0.2, -0.15) is 5.11 Å². The molecule has 2 aromatic carbocycles. The van der Waals surface area contributed by atoms with E-state index in [1.54, 1.807) is 30.3 Å². The highest BCUT2D eigenvalue weighted by Gasteiger charge is 2.55. The molecule has 2 atom stereocenters. The minimum absolute atomic E-state index is 0.0190. The van der Waals surface area contributed by atoms with Crippen LogP contribution in [0.25, 0.3) is 0 Å². The Hall–Kier alpha value is -3.67. The summed E-state index contributed by atoms with van der Waals surface area (Å²) >= 11 is 3.29. The highest BCUT2D eigenvalue weighted by Crippen LogP contribution is 2.32. The Morgan fingerprint density at radius 1 is 1.13 bits per heavy atom. The van der Waals surface area contributed by atoms with Crippen molar-refractivity contribution < 1.29 is 19.3 Å². The summed E-state index contributed by atoms with van der Waals surface area (Å²) in [7, 11) is 0. The Kier molecular flexibility index (Phi) is 4.99. The minimum atomic E-state index is -1.04. The molecule has 0 spiro atoms. The summed E-state index contributed by atoms with van der Waals surface area (Å²) in [6.45, 7) is -0.399. The topological polar surface area (TPSA) is 138 Å². The molecule has 152 valence electrons. The first-order chi connectivity index (χ1) is 14.4. The van der Waals surface area contributed by atoms with Crippen LogP contribution in [-0.4, -0.2) is 46.3 Å². The number of rotatable bonds is 5. The fourth-order valence-electron chi connectivity index (χ4n) is 3.27. The zero-order chi connectivity index (χ0) is 21.4. The van der Waals surface area contributed by atoms with Crippen molar-refractivity contribution in [3.05, 3.63) is 63.1 Å². The van der Waals surface area contributed by atoms with Crippen molar-refractivity contribution in [1.82, 2.24) is 5.01 Å². The maximum Gasteiger partial charge on any atom is 0.292 e. The van der Waals surface area contributed by atoms with Crippen LogP contribution in [0.1, 0.15) is 0 Å². The third kappa shape index (κ3) is 3.41. The molecule has 1 saturated heterocycles. The van der Waals surface area contributed by atoms with Crippen LogP contribution in [0.4, 0.5) is 17.1 Å². The molecule has 0 aromatic heterocycles. The van der Waals surface area contributed by atoms with Gasteiger partial charge in [0.2, 0.25) is 5.91 Å². The number of nitro benzene ring substituents is 1. The number of nitrogens with one attached hydrogen (secondary N) is 1. The molecular formula is C18H13BrN6O5. The predicted octanol–water partition coefficient (Wildman–Crippen LogP) is 2.29. The third-order valence-corrected chi connectivity index (χ3v) is 5.15. The number of hydrogen-bond donors (Lipinski definition) is 1. The molecule has 1 N–H and O–H groups in total. The van der Waals surface area contributed by atoms with E-state index in [1.807, 2.05) is 0 Å². The number of imide groups is 1. The van der Waals surface area contributed by atoms with E-state index in [0.29, 0.717) is 5.69 Å². The molecule has 2 heterocycles. The van der Waals surface area contributed by atoms with Crippen LogP contribution < -0.4 is 10.2 Å². The average Bonchev–Trinajstić information content (AvgIpc) is 3.23. The Labute approximate surface area is 177 Å². The zero-order valence-electron chi connectivity index (χ0n) is 15.1. The summed E-state index contributed by atoms with van der Waals surface area (Å²) in [5.74, 6) is -1.71. The molecule has 3 amide bonds. The second kappa shape index (κ2) is 7.63. The van der Waals surface area contributed by atoms with Crippen molar-refractivity contribution in [3.63, 3.8) is 0 Å². The van der Waals surface area contributed by atoms with E-state index in [1.165, 1.54) is 18.2 Å². The Morgan fingerprint density at radius 3 is 2.53 bits per heavy atom. The van der Waals surface area contributed by atoms with E-state index in [0.717, 1.165) is 14.4 Å². The van der Waals surface area contributed by atoms with Gasteiger partial charge in [-0.05, 0) is 30.3 Å². The van der Waals surface area contributed by atoms with Crippen LogP contribution in [0.2, 0.25) is 0 Å². The summed E-state index contributed by atoms with van der Waals surface area (Å²) in [5, 5.41) is 22.3. The number of para-hydroxylation sites is 2. The summed E-state index contributed by atoms with van der Waals surface area (Å²) in [4.78, 5) is 49.5. The Bertz CT molecular complexity index is 1090. The highest BCUT2D eigenvalue weighted by atomic mass is 79.9. The lowest BCUT2D eigenvalue weighted by atomic mass is 10.1. The molecule has 30 heavy (non-hydrogen) atoms. The number of halogens is 1. The molecule has 11 nitrogen and oxygen atoms in total. The van der Waals surface area contributed by atoms with Gasteiger partial charge in [0.15, 0.2) is 12.1 Å². The summed E-state index contributed by atoms with van der Waals surface area (Å²) in [6.07, 6.45) is 0. The Morgan fingerprint density at radius 2 is 1.83 bits per heavy atom. The first kappa shape index (κ1) is 19.6. The fraction of sp³-hybridized carbons (Fsp3) is 0.167. The van der Waals surface area contributed by atoms with E-state index >= 15 is 0 Å². The van der Waals surface area contributed by atoms with Gasteiger partial charge >= 0.3 is 0 Å². The lowest BCUT2D eigenvalue weighted by Crippen LogP contribution is -2.43. The zero-order valence-corrected chi connectivity index (χ0v) is 16.7. The lowest BCUT2D eigenvalue weighted by Gasteiger charge is -2.20. The van der Waals surface area contributed by atoms with Crippen LogP contribution >= 0.6 is 15.9 Å². The molecule has 0 bridgehead atoms. The van der Waals surface area contributed by atoms with E-state index < -0.39 is 41.3 Å². The van der Waals surface area contributed by atoms with Gasteiger partial charge in [-0.3, -0.25) is 29.5 Å². The monoisotopic (exact) mass is 472 g/mol. The third-order valence-electron chi connectivity index (χ3n) is 4.62. The number of nitro groups is 1. The van der Waals surface area contributed by atoms with E-state index in [4.69, 9.17) is 0 Å². The van der Waals surface area contributed by atoms with Crippen molar-refractivity contribution in [2.24, 2.45) is 10.3 Å². The van der Waals surface area contributed by atoms with Crippen molar-refractivity contribution in [2.75, 3.05) is 16.8 Å². The highest BCUT2D eigenvalue weighted by molar-refractivity contribution is 9.10. The van der Waals surface area contributed by atoms with Gasteiger partial charge in [0.1, 0.15) is 12.2 Å². The smallest absolute Gasteiger partial charge is 0.292 e. The molecule has 2 aromatic rings. The molecule has 4 rings (SSSR count). The summed E-state index contributed by atoms with van der Waals surface area (Å²) < 4.78 is 0.790. The quantitative estimate of drug-likeness (QED) is 0.402. The van der Waals surface area contributed by atoms with Gasteiger partial charge in [0.25, 0.3) is 17.5 Å². The molecule has 0 aliphatic carbocycles. The van der Waals surface area contributed by atoms with Crippen molar-refractivity contribution in [3.8, 4) is 0 Å². The maximum atomic E-state index is 12.9. The second-order valence-corrected chi connectivity index (χ2v) is 7.42. The van der Waals surface area contributed by atoms with Gasteiger partial charge < -0.3 is 5.32 Å². The van der Waals surface area contributed by atoms with E-state index in [9.17, 15) is 24.5 Å². The molecule has 1 fully saturated rings. The number of carbonyl (C=O) groups is 3. The lowest BCUT2D eigenvalue weighted by molar-refractivity contribution is -0.383. The van der Waals surface area contributed by atoms with Crippen molar-refractivity contribution >= 4 is 50.7 Å². The first-order valence-electron chi connectivity index (χ1n) is 8.71. The van der Waals surface area contributed by atoms with Crippen LogP contribution in [0.3, 0.4) is 0 Å². The van der Waals surface area contributed by atoms with Crippen LogP contribution in [0.15, 0.2) is 63.3 Å². The largest absolute Gasteiger partial charge is 0.319 e. The number of carbonyl (C=O) groups excluding carboxylic acids is 3. The predicted molar refractivity (Wildman–Crippen MR) is 107 cm³/mol. The minimum Gasteiger partial charge on any atom is -0.319 e. The fourth-order valence-corrected chi connectivity index (χ4v) is 3.54. The standard InChI is InChI=1S/C18H13BrN6O5/c19-10-5-7-11(8-6-10)24-17(27)15-16(18(24)28)23(22-21-15)9-14(26)20-12-3-1-2-4-13(12)25(29)30/h1-8,15-16H,9H2,(H,20,26)/t15-,16+/m1/s1. The number of hydrogen-bond acceptors (Lipinski definition) is 8. The van der Waals surface area contributed by atoms with Crippen LogP contribution in [-0.2, 0) is 14.4 Å². The normalized spacial score (nSPS) is 19.9. The van der Waals surface area contributed by atoms with Crippen LogP contribution in [0.5, 0.6) is 0 Å². The molecule has 0 radical (unpaired) electrons. The van der Waals surface area contributed by atoms with Crippen LogP contribution in [0, 0.1) is 10.1 Å². The molecule has 2 aliphatic heterocycles. The Balaban J connectivity index is 1.50. The van der Waals surface area contributed by atoms with Gasteiger partial charge in [-0.25, -0.2) is 4.90 Å². The number of nitrogens with zero attached hydrogens (tertiary/aromatic N) is 5. The molecular weight excluding hydrogens is 460 g/mol. The number of fused-ring (bicyclic) bond motifs is 1. The summed E-state index contributed by atoms with van der Waals surface area (Å²) in [5.41, 5.74) is 0.146. The number of benzene rings is 2. The average molecular weight is 473 g/mol. The maximum absolute atomic E-state index is 12.9. The molecule has 0 unspecified atom stereocenters. The van der Waals surface area contributed by atoms with Gasteiger partial charge in [-0.1, -0.05) is 33.3 Å². The van der Waals surface area contributed by atoms with Gasteiger partial charge in [-0.15, -0.1) is 0 Å². The molecule has 2 aliphatic rings. The van der Waals surface area contributed by atoms with E-state index in [2.05, 4.69) is 31.6 Å². The second-order valence-electron chi connectivity index (χ2n) is 6.50. The van der Waals surface area contributed by atoms with Gasteiger partial charge in [0.05, 0.1) is 10.6 Å². The molecule has 12 heteroatoms. The molecule has 0 saturated carbocycles. The number of amides is 3. The van der Waals surface area contributed by atoms with Crippen molar-refractivity contribution in [2.45, 2.75) is 12.1 Å². The van der Waals surface area contributed by atoms with Gasteiger partial charge in [0, 0.05) is 10.5 Å². The SMILES string of the molecule is O=C(CN1N=N[C@H]2C(=O)N(c3ccc(Br)cc3)C(=O)[C@H]21)Nc1ccccc1[N+](=O)[O-]. The van der Waals surface area contributed by atoms with Crippen molar-refractivity contribution in [1.29, 1.82) is 0 Å². The summed E-state index contributed by atoms with van der Waals surface area (Å²) in [6, 6.07) is 10.2. The first-order valence-corrected chi connectivity index (χ1v) is 9.50. The number of anilines is 2. The van der Waals surface area contributed by atoms with E-state index in [-0.39, 0.29) is 11.4 Å².